The van der Waals surface area contributed by atoms with E-state index in [9.17, 15) is 14.7 Å². The third kappa shape index (κ3) is 5.74. The fourth-order valence-corrected chi connectivity index (χ4v) is 2.82. The number of rotatable bonds is 8. The van der Waals surface area contributed by atoms with Crippen molar-refractivity contribution in [2.24, 2.45) is 0 Å². The largest absolute Gasteiger partial charge is 0.464 e. The van der Waals surface area contributed by atoms with Gasteiger partial charge in [0.05, 0.1) is 13.2 Å². The van der Waals surface area contributed by atoms with E-state index in [0.717, 1.165) is 5.56 Å². The van der Waals surface area contributed by atoms with Crippen molar-refractivity contribution in [3.8, 4) is 0 Å². The molecule has 8 heteroatoms. The van der Waals surface area contributed by atoms with Crippen LogP contribution < -0.4 is 0 Å². The van der Waals surface area contributed by atoms with E-state index in [2.05, 4.69) is 0 Å². The van der Waals surface area contributed by atoms with Crippen molar-refractivity contribution in [2.75, 3.05) is 13.2 Å². The lowest BCUT2D eigenvalue weighted by atomic mass is 9.98. The quantitative estimate of drug-likeness (QED) is 0.669. The Bertz CT molecular complexity index is 605. The molecule has 0 aromatic heterocycles. The highest BCUT2D eigenvalue weighted by molar-refractivity contribution is 5.76. The predicted molar refractivity (Wildman–Crippen MR) is 93.5 cm³/mol. The lowest BCUT2D eigenvalue weighted by Gasteiger charge is -2.42. The van der Waals surface area contributed by atoms with E-state index >= 15 is 0 Å². The molecule has 1 aliphatic rings. The molecule has 1 heterocycles. The first-order chi connectivity index (χ1) is 13.0. The van der Waals surface area contributed by atoms with Crippen LogP contribution in [0.25, 0.3) is 0 Å². The molecule has 0 bridgehead atoms. The van der Waals surface area contributed by atoms with E-state index in [1.807, 2.05) is 30.3 Å². The minimum atomic E-state index is -1.39. The van der Waals surface area contributed by atoms with Crippen LogP contribution in [0.3, 0.4) is 0 Å². The molecule has 150 valence electrons. The maximum atomic E-state index is 12.2. The molecular weight excluding hydrogens is 356 g/mol. The lowest BCUT2D eigenvalue weighted by molar-refractivity contribution is -0.304. The molecule has 27 heavy (non-hydrogen) atoms. The van der Waals surface area contributed by atoms with Gasteiger partial charge in [0, 0.05) is 13.5 Å². The van der Waals surface area contributed by atoms with Crippen LogP contribution in [0.1, 0.15) is 26.3 Å². The summed E-state index contributed by atoms with van der Waals surface area (Å²) >= 11 is 0. The van der Waals surface area contributed by atoms with Crippen molar-refractivity contribution in [3.63, 3.8) is 0 Å². The highest BCUT2D eigenvalue weighted by Crippen LogP contribution is 2.28. The topological polar surface area (TPSA) is 101 Å². The van der Waals surface area contributed by atoms with Crippen molar-refractivity contribution in [3.05, 3.63) is 35.9 Å². The summed E-state index contributed by atoms with van der Waals surface area (Å²) in [7, 11) is 0. The van der Waals surface area contributed by atoms with Crippen molar-refractivity contribution < 1.29 is 38.4 Å². The van der Waals surface area contributed by atoms with Crippen LogP contribution in [0.5, 0.6) is 0 Å². The summed E-state index contributed by atoms with van der Waals surface area (Å²) in [4.78, 5) is 23.7. The summed E-state index contributed by atoms with van der Waals surface area (Å²) in [6.45, 7) is 5.15. The molecule has 8 nitrogen and oxygen atoms in total. The number of benzene rings is 1. The van der Waals surface area contributed by atoms with E-state index in [4.69, 9.17) is 23.7 Å². The number of carbonyl (C=O) groups is 2. The van der Waals surface area contributed by atoms with Crippen LogP contribution in [0.4, 0.5) is 0 Å². The maximum absolute atomic E-state index is 12.2. The highest BCUT2D eigenvalue weighted by Gasteiger charge is 2.51. The van der Waals surface area contributed by atoms with Gasteiger partial charge in [0.2, 0.25) is 0 Å². The van der Waals surface area contributed by atoms with Gasteiger partial charge in [-0.15, -0.1) is 0 Å². The Morgan fingerprint density at radius 1 is 1.07 bits per heavy atom. The monoisotopic (exact) mass is 382 g/mol. The molecule has 0 aliphatic carbocycles. The first-order valence-electron chi connectivity index (χ1n) is 8.92. The Morgan fingerprint density at radius 2 is 1.78 bits per heavy atom. The average molecular weight is 382 g/mol. The number of carbonyl (C=O) groups excluding carboxylic acids is 2. The Morgan fingerprint density at radius 3 is 2.37 bits per heavy atom. The van der Waals surface area contributed by atoms with E-state index in [1.165, 1.54) is 6.92 Å². The van der Waals surface area contributed by atoms with Gasteiger partial charge in [-0.05, 0) is 19.4 Å². The number of aliphatic hydroxyl groups excluding tert-OH is 1. The van der Waals surface area contributed by atoms with Gasteiger partial charge in [-0.25, -0.2) is 4.79 Å². The Hall–Kier alpha value is -2.00. The number of esters is 2. The zero-order valence-electron chi connectivity index (χ0n) is 15.7. The minimum absolute atomic E-state index is 0.133. The molecule has 2 rings (SSSR count). The third-order valence-corrected chi connectivity index (χ3v) is 3.96. The molecule has 0 spiro atoms. The third-order valence-electron chi connectivity index (χ3n) is 3.96. The van der Waals surface area contributed by atoms with E-state index in [0.29, 0.717) is 0 Å². The fraction of sp³-hybridized carbons (Fsp3) is 0.579. The summed E-state index contributed by atoms with van der Waals surface area (Å²) in [5.41, 5.74) is 0.860. The molecule has 1 fully saturated rings. The van der Waals surface area contributed by atoms with Crippen LogP contribution in [-0.4, -0.2) is 61.0 Å². The standard InChI is InChI=1S/C19H26O8/c1-4-23-18(22)16-14(21)15(25-11-13-9-7-6-8-10-13)17(26-12(3)20)19(27-16)24-5-2/h6-10,14-17,19,21H,4-5,11H2,1-3H3/t14-,15+,16?,17?,19-/m1/s1. The van der Waals surface area contributed by atoms with Gasteiger partial charge in [-0.3, -0.25) is 4.79 Å². The Kier molecular flexibility index (Phi) is 8.18. The summed E-state index contributed by atoms with van der Waals surface area (Å²) in [5, 5.41) is 10.7. The van der Waals surface area contributed by atoms with Crippen molar-refractivity contribution in [1.29, 1.82) is 0 Å². The van der Waals surface area contributed by atoms with Gasteiger partial charge in [-0.1, -0.05) is 30.3 Å². The van der Waals surface area contributed by atoms with E-state index < -0.39 is 42.6 Å². The number of hydrogen-bond acceptors (Lipinski definition) is 8. The fourth-order valence-electron chi connectivity index (χ4n) is 2.82. The first kappa shape index (κ1) is 21.3. The second-order valence-corrected chi connectivity index (χ2v) is 5.96. The molecule has 1 aromatic rings. The van der Waals surface area contributed by atoms with Crippen molar-refractivity contribution >= 4 is 11.9 Å². The molecule has 0 radical (unpaired) electrons. The van der Waals surface area contributed by atoms with Gasteiger partial charge in [0.1, 0.15) is 12.2 Å². The molecule has 1 saturated heterocycles. The lowest BCUT2D eigenvalue weighted by Crippen LogP contribution is -2.62. The Labute approximate surface area is 158 Å². The van der Waals surface area contributed by atoms with Gasteiger partial charge in [-0.2, -0.15) is 0 Å². The van der Waals surface area contributed by atoms with Gasteiger partial charge < -0.3 is 28.8 Å². The van der Waals surface area contributed by atoms with Crippen LogP contribution in [0, 0.1) is 0 Å². The van der Waals surface area contributed by atoms with Gasteiger partial charge >= 0.3 is 11.9 Å². The van der Waals surface area contributed by atoms with Crippen LogP contribution in [0.2, 0.25) is 0 Å². The normalized spacial score (nSPS) is 27.8. The zero-order chi connectivity index (χ0) is 19.8. The molecule has 0 amide bonds. The molecule has 1 aliphatic heterocycles. The smallest absolute Gasteiger partial charge is 0.338 e. The highest BCUT2D eigenvalue weighted by atomic mass is 16.7. The number of hydrogen-bond donors (Lipinski definition) is 1. The van der Waals surface area contributed by atoms with Crippen LogP contribution in [-0.2, 0) is 39.9 Å². The van der Waals surface area contributed by atoms with Crippen LogP contribution in [0.15, 0.2) is 30.3 Å². The van der Waals surface area contributed by atoms with Crippen LogP contribution >= 0.6 is 0 Å². The molecule has 1 aromatic carbocycles. The molecule has 1 N–H and O–H groups in total. The maximum Gasteiger partial charge on any atom is 0.338 e. The molecule has 0 saturated carbocycles. The zero-order valence-corrected chi connectivity index (χ0v) is 15.7. The SMILES string of the molecule is CCOC(=O)C1O[C@@H](OCC)C(OC(C)=O)[C@@H](OCc2ccccc2)[C@H]1O. The summed E-state index contributed by atoms with van der Waals surface area (Å²) < 4.78 is 27.1. The summed E-state index contributed by atoms with van der Waals surface area (Å²) in [6.07, 6.45) is -5.85. The average Bonchev–Trinajstić information content (AvgIpc) is 2.64. The second-order valence-electron chi connectivity index (χ2n) is 5.96. The van der Waals surface area contributed by atoms with E-state index in [1.54, 1.807) is 13.8 Å². The number of aliphatic hydroxyl groups is 1. The minimum Gasteiger partial charge on any atom is -0.464 e. The van der Waals surface area contributed by atoms with Crippen molar-refractivity contribution in [1.82, 2.24) is 0 Å². The summed E-state index contributed by atoms with van der Waals surface area (Å²) in [5.74, 6) is -1.31. The summed E-state index contributed by atoms with van der Waals surface area (Å²) in [6, 6.07) is 9.29. The van der Waals surface area contributed by atoms with Gasteiger partial charge in [0.15, 0.2) is 18.5 Å². The first-order valence-corrected chi connectivity index (χ1v) is 8.92. The second kappa shape index (κ2) is 10.4. The molecule has 5 atom stereocenters. The van der Waals surface area contributed by atoms with Crippen molar-refractivity contribution in [2.45, 2.75) is 58.1 Å². The van der Waals surface area contributed by atoms with E-state index in [-0.39, 0.29) is 19.8 Å². The molecule has 2 unspecified atom stereocenters. The Balaban J connectivity index is 2.24. The predicted octanol–water partition coefficient (Wildman–Crippen LogP) is 1.19. The molecular formula is C19H26O8. The van der Waals surface area contributed by atoms with Gasteiger partial charge in [0.25, 0.3) is 0 Å². The number of ether oxygens (including phenoxy) is 5.